The summed E-state index contributed by atoms with van der Waals surface area (Å²) in [5, 5.41) is 9.03. The Labute approximate surface area is 147 Å². The molecule has 1 fully saturated rings. The number of ketones is 1. The van der Waals surface area contributed by atoms with Crippen LogP contribution >= 0.6 is 0 Å². The van der Waals surface area contributed by atoms with Crippen molar-refractivity contribution in [3.05, 3.63) is 59.7 Å². The first-order valence-corrected chi connectivity index (χ1v) is 8.59. The van der Waals surface area contributed by atoms with Crippen LogP contribution in [-0.2, 0) is 4.79 Å². The largest absolute Gasteiger partial charge is 0.293 e. The number of aromatic nitrogens is 2. The van der Waals surface area contributed by atoms with Crippen LogP contribution in [0.2, 0.25) is 0 Å². The first-order chi connectivity index (χ1) is 12.2. The van der Waals surface area contributed by atoms with Crippen LogP contribution in [0.3, 0.4) is 0 Å². The average molecular weight is 332 g/mol. The van der Waals surface area contributed by atoms with Gasteiger partial charge in [0.05, 0.1) is 17.4 Å². The van der Waals surface area contributed by atoms with E-state index in [1.807, 2.05) is 37.3 Å². The third-order valence-electron chi connectivity index (χ3n) is 4.51. The molecule has 1 saturated carbocycles. The van der Waals surface area contributed by atoms with Crippen LogP contribution in [0, 0.1) is 11.3 Å². The number of Topliss-reactive ketones (excluding diaryl/α,β-unsaturated/α-hetero) is 1. The van der Waals surface area contributed by atoms with Crippen molar-refractivity contribution in [2.45, 2.75) is 44.6 Å². The van der Waals surface area contributed by atoms with E-state index in [4.69, 9.17) is 10.3 Å². The van der Waals surface area contributed by atoms with Gasteiger partial charge in [-0.3, -0.25) is 14.8 Å². The molecule has 0 saturated heterocycles. The molecule has 0 spiro atoms. The summed E-state index contributed by atoms with van der Waals surface area (Å²) in [6.07, 6.45) is 4.34. The number of hydrogen-bond donors (Lipinski definition) is 0. The van der Waals surface area contributed by atoms with Crippen molar-refractivity contribution < 1.29 is 4.79 Å². The van der Waals surface area contributed by atoms with Gasteiger partial charge in [0, 0.05) is 30.7 Å². The van der Waals surface area contributed by atoms with Crippen molar-refractivity contribution in [2.24, 2.45) is 4.99 Å². The predicted octanol–water partition coefficient (Wildman–Crippen LogP) is 3.78. The van der Waals surface area contributed by atoms with Gasteiger partial charge in [0.25, 0.3) is 0 Å². The summed E-state index contributed by atoms with van der Waals surface area (Å²) in [4.78, 5) is 25.9. The molecule has 3 rings (SSSR count). The molecule has 0 aromatic carbocycles. The molecular weight excluding hydrogens is 312 g/mol. The zero-order chi connectivity index (χ0) is 17.6. The van der Waals surface area contributed by atoms with E-state index in [1.165, 1.54) is 0 Å². The Kier molecular flexibility index (Phi) is 5.30. The van der Waals surface area contributed by atoms with E-state index < -0.39 is 0 Å². The molecule has 2 aromatic rings. The monoisotopic (exact) mass is 332 g/mol. The smallest absolute Gasteiger partial charge is 0.176 e. The SMILES string of the molecule is CCC(N=C1CC(c2cccc(C#N)n2)CCC1=O)c1ccccn1. The zero-order valence-electron chi connectivity index (χ0n) is 14.2. The predicted molar refractivity (Wildman–Crippen MR) is 95.3 cm³/mol. The molecule has 0 bridgehead atoms. The summed E-state index contributed by atoms with van der Waals surface area (Å²) >= 11 is 0. The van der Waals surface area contributed by atoms with Gasteiger partial charge in [-0.15, -0.1) is 0 Å². The Hall–Kier alpha value is -2.87. The summed E-state index contributed by atoms with van der Waals surface area (Å²) in [7, 11) is 0. The number of aliphatic imine (C=N–C) groups is 1. The van der Waals surface area contributed by atoms with E-state index >= 15 is 0 Å². The maximum Gasteiger partial charge on any atom is 0.176 e. The minimum absolute atomic E-state index is 0.0997. The molecule has 25 heavy (non-hydrogen) atoms. The normalized spacial score (nSPS) is 20.2. The van der Waals surface area contributed by atoms with E-state index in [-0.39, 0.29) is 17.7 Å². The second-order valence-electron chi connectivity index (χ2n) is 6.18. The highest BCUT2D eigenvalue weighted by Crippen LogP contribution is 2.31. The maximum absolute atomic E-state index is 12.4. The molecule has 1 aliphatic rings. The minimum Gasteiger partial charge on any atom is -0.293 e. The highest BCUT2D eigenvalue weighted by molar-refractivity contribution is 6.40. The van der Waals surface area contributed by atoms with Crippen molar-refractivity contribution >= 4 is 11.5 Å². The molecule has 1 aliphatic carbocycles. The first-order valence-electron chi connectivity index (χ1n) is 8.59. The summed E-state index contributed by atoms with van der Waals surface area (Å²) in [6, 6.07) is 13.2. The lowest BCUT2D eigenvalue weighted by molar-refractivity contribution is -0.113. The number of hydrogen-bond acceptors (Lipinski definition) is 5. The Morgan fingerprint density at radius 2 is 2.20 bits per heavy atom. The van der Waals surface area contributed by atoms with Crippen LogP contribution in [0.4, 0.5) is 0 Å². The van der Waals surface area contributed by atoms with Gasteiger partial charge < -0.3 is 0 Å². The van der Waals surface area contributed by atoms with E-state index in [9.17, 15) is 4.79 Å². The lowest BCUT2D eigenvalue weighted by Crippen LogP contribution is -2.25. The van der Waals surface area contributed by atoms with Crippen LogP contribution in [-0.4, -0.2) is 21.5 Å². The van der Waals surface area contributed by atoms with Gasteiger partial charge in [-0.25, -0.2) is 4.98 Å². The van der Waals surface area contributed by atoms with Gasteiger partial charge in [0.2, 0.25) is 0 Å². The van der Waals surface area contributed by atoms with Gasteiger partial charge in [0.15, 0.2) is 5.78 Å². The zero-order valence-corrected chi connectivity index (χ0v) is 14.2. The quantitative estimate of drug-likeness (QED) is 0.853. The molecule has 2 unspecified atom stereocenters. The Morgan fingerprint density at radius 1 is 1.32 bits per heavy atom. The molecule has 0 aliphatic heterocycles. The standard InChI is InChI=1S/C20H20N4O/c1-2-16(18-7-3-4-11-22-18)24-19-12-14(9-10-20(19)25)17-8-5-6-15(13-21)23-17/h3-8,11,14,16H,2,9-10,12H2,1H3. The average Bonchev–Trinajstić information content (AvgIpc) is 2.68. The maximum atomic E-state index is 12.4. The highest BCUT2D eigenvalue weighted by atomic mass is 16.1. The van der Waals surface area contributed by atoms with Gasteiger partial charge in [-0.2, -0.15) is 5.26 Å². The lowest BCUT2D eigenvalue weighted by Gasteiger charge is -2.23. The van der Waals surface area contributed by atoms with Gasteiger partial charge in [-0.05, 0) is 37.1 Å². The molecule has 5 nitrogen and oxygen atoms in total. The number of nitrogens with zero attached hydrogens (tertiary/aromatic N) is 4. The fraction of sp³-hybridized carbons (Fsp3) is 0.350. The number of nitriles is 1. The van der Waals surface area contributed by atoms with E-state index in [0.717, 1.165) is 24.2 Å². The molecule has 0 N–H and O–H groups in total. The molecule has 5 heteroatoms. The second-order valence-corrected chi connectivity index (χ2v) is 6.18. The molecule has 2 atom stereocenters. The van der Waals surface area contributed by atoms with Crippen LogP contribution in [0.5, 0.6) is 0 Å². The topological polar surface area (TPSA) is 79.0 Å². The Morgan fingerprint density at radius 3 is 2.92 bits per heavy atom. The highest BCUT2D eigenvalue weighted by Gasteiger charge is 2.28. The van der Waals surface area contributed by atoms with Gasteiger partial charge in [0.1, 0.15) is 11.8 Å². The van der Waals surface area contributed by atoms with Crippen LogP contribution in [0.1, 0.15) is 61.6 Å². The van der Waals surface area contributed by atoms with Gasteiger partial charge in [-0.1, -0.05) is 19.1 Å². The molecular formula is C20H20N4O. The second kappa shape index (κ2) is 7.80. The van der Waals surface area contributed by atoms with Crippen molar-refractivity contribution in [3.63, 3.8) is 0 Å². The molecule has 2 heterocycles. The van der Waals surface area contributed by atoms with Crippen LogP contribution in [0.15, 0.2) is 47.6 Å². The summed E-state index contributed by atoms with van der Waals surface area (Å²) in [5.41, 5.74) is 2.79. The molecule has 126 valence electrons. The van der Waals surface area contributed by atoms with Gasteiger partial charge >= 0.3 is 0 Å². The molecule has 0 amide bonds. The summed E-state index contributed by atoms with van der Waals surface area (Å²) in [5.74, 6) is 0.244. The molecule has 2 aromatic heterocycles. The van der Waals surface area contributed by atoms with Crippen molar-refractivity contribution in [2.75, 3.05) is 0 Å². The fourth-order valence-corrected chi connectivity index (χ4v) is 3.14. The summed E-state index contributed by atoms with van der Waals surface area (Å²) < 4.78 is 0. The van der Waals surface area contributed by atoms with E-state index in [1.54, 1.807) is 12.3 Å². The third-order valence-corrected chi connectivity index (χ3v) is 4.51. The van der Waals surface area contributed by atoms with Crippen LogP contribution < -0.4 is 0 Å². The Bertz CT molecular complexity index is 823. The third kappa shape index (κ3) is 3.97. The number of pyridine rings is 2. The number of carbonyl (C=O) groups excluding carboxylic acids is 1. The lowest BCUT2D eigenvalue weighted by atomic mass is 9.84. The fourth-order valence-electron chi connectivity index (χ4n) is 3.14. The van der Waals surface area contributed by atoms with Crippen molar-refractivity contribution in [1.29, 1.82) is 5.26 Å². The van der Waals surface area contributed by atoms with E-state index in [2.05, 4.69) is 16.0 Å². The Balaban J connectivity index is 1.85. The first kappa shape index (κ1) is 17.0. The van der Waals surface area contributed by atoms with Crippen molar-refractivity contribution in [3.8, 4) is 6.07 Å². The van der Waals surface area contributed by atoms with E-state index in [0.29, 0.717) is 24.2 Å². The van der Waals surface area contributed by atoms with Crippen molar-refractivity contribution in [1.82, 2.24) is 9.97 Å². The van der Waals surface area contributed by atoms with Crippen LogP contribution in [0.25, 0.3) is 0 Å². The molecule has 0 radical (unpaired) electrons. The number of rotatable bonds is 4. The minimum atomic E-state index is -0.0997. The summed E-state index contributed by atoms with van der Waals surface area (Å²) in [6.45, 7) is 2.05. The number of carbonyl (C=O) groups is 1.